The topological polar surface area (TPSA) is 29.1 Å². The summed E-state index contributed by atoms with van der Waals surface area (Å²) >= 11 is 10.8. The largest absolute Gasteiger partial charge is 0.345 e. The Balaban J connectivity index is 2.12. The number of amides is 1. The van der Waals surface area contributed by atoms with Gasteiger partial charge in [-0.1, -0.05) is 17.7 Å². The molecule has 2 rings (SSSR count). The fourth-order valence-electron chi connectivity index (χ4n) is 1.71. The molecule has 2 nitrogen and oxygen atoms in total. The van der Waals surface area contributed by atoms with Crippen LogP contribution in [-0.2, 0) is 0 Å². The van der Waals surface area contributed by atoms with Crippen molar-refractivity contribution in [2.24, 2.45) is 0 Å². The van der Waals surface area contributed by atoms with Gasteiger partial charge >= 0.3 is 0 Å². The Labute approximate surface area is 129 Å². The van der Waals surface area contributed by atoms with E-state index in [1.165, 1.54) is 11.3 Å². The Kier molecular flexibility index (Phi) is 4.66. The van der Waals surface area contributed by atoms with Crippen LogP contribution in [0.25, 0.3) is 0 Å². The van der Waals surface area contributed by atoms with Crippen LogP contribution in [0.2, 0.25) is 4.34 Å². The summed E-state index contributed by atoms with van der Waals surface area (Å²) in [6, 6.07) is 9.39. The molecule has 100 valence electrons. The lowest BCUT2D eigenvalue weighted by Gasteiger charge is -2.13. The second-order valence-electron chi connectivity index (χ2n) is 4.32. The van der Waals surface area contributed by atoms with Crippen LogP contribution >= 0.6 is 38.9 Å². The summed E-state index contributed by atoms with van der Waals surface area (Å²) in [5.74, 6) is -0.0936. The van der Waals surface area contributed by atoms with Crippen molar-refractivity contribution >= 4 is 44.8 Å². The molecule has 19 heavy (non-hydrogen) atoms. The van der Waals surface area contributed by atoms with Gasteiger partial charge in [-0.25, -0.2) is 0 Å². The van der Waals surface area contributed by atoms with Gasteiger partial charge in [0, 0.05) is 9.35 Å². The molecule has 0 saturated heterocycles. The first kappa shape index (κ1) is 14.6. The lowest BCUT2D eigenvalue weighted by atomic mass is 10.1. The fraction of sp³-hybridized carbons (Fsp3) is 0.214. The van der Waals surface area contributed by atoms with Crippen molar-refractivity contribution < 1.29 is 4.79 Å². The Morgan fingerprint density at radius 2 is 2.11 bits per heavy atom. The molecule has 5 heteroatoms. The highest BCUT2D eigenvalue weighted by Gasteiger charge is 2.15. The molecule has 0 saturated carbocycles. The van der Waals surface area contributed by atoms with E-state index in [2.05, 4.69) is 21.2 Å². The minimum Gasteiger partial charge on any atom is -0.345 e. The molecule has 0 fully saturated rings. The summed E-state index contributed by atoms with van der Waals surface area (Å²) in [6.07, 6.45) is 0. The van der Waals surface area contributed by atoms with Crippen molar-refractivity contribution in [1.82, 2.24) is 5.32 Å². The third-order valence-corrected chi connectivity index (χ3v) is 4.81. The first-order chi connectivity index (χ1) is 8.97. The molecular weight excluding hydrogens is 346 g/mol. The Bertz CT molecular complexity index is 611. The van der Waals surface area contributed by atoms with Gasteiger partial charge in [-0.2, -0.15) is 0 Å². The molecule has 0 radical (unpaired) electrons. The summed E-state index contributed by atoms with van der Waals surface area (Å²) < 4.78 is 1.54. The van der Waals surface area contributed by atoms with E-state index in [1.807, 2.05) is 44.2 Å². The average Bonchev–Trinajstić information content (AvgIpc) is 2.75. The van der Waals surface area contributed by atoms with Crippen molar-refractivity contribution in [3.63, 3.8) is 0 Å². The zero-order valence-corrected chi connectivity index (χ0v) is 13.7. The van der Waals surface area contributed by atoms with Crippen LogP contribution in [0, 0.1) is 6.92 Å². The number of nitrogens with one attached hydrogen (secondary N) is 1. The predicted molar refractivity (Wildman–Crippen MR) is 84.1 cm³/mol. The molecule has 0 aliphatic heterocycles. The highest BCUT2D eigenvalue weighted by Crippen LogP contribution is 2.27. The molecule has 1 N–H and O–H groups in total. The summed E-state index contributed by atoms with van der Waals surface area (Å²) in [5, 5.41) is 2.97. The van der Waals surface area contributed by atoms with Gasteiger partial charge in [-0.15, -0.1) is 11.3 Å². The number of thiophene rings is 1. The SMILES string of the molecule is Cc1ccc(C(=O)NC(C)c2ccc(Cl)s2)c(Br)c1. The lowest BCUT2D eigenvalue weighted by Crippen LogP contribution is -2.26. The van der Waals surface area contributed by atoms with Gasteiger partial charge in [0.25, 0.3) is 5.91 Å². The third-order valence-electron chi connectivity index (χ3n) is 2.74. The smallest absolute Gasteiger partial charge is 0.252 e. The number of carbonyl (C=O) groups is 1. The number of hydrogen-bond acceptors (Lipinski definition) is 2. The quantitative estimate of drug-likeness (QED) is 0.825. The van der Waals surface area contributed by atoms with Crippen LogP contribution in [0.1, 0.15) is 33.8 Å². The van der Waals surface area contributed by atoms with Gasteiger partial charge in [0.05, 0.1) is 15.9 Å². The Morgan fingerprint density at radius 3 is 2.68 bits per heavy atom. The first-order valence-corrected chi connectivity index (χ1v) is 7.78. The number of halogens is 2. The van der Waals surface area contributed by atoms with Gasteiger partial charge in [-0.05, 0) is 59.6 Å². The first-order valence-electron chi connectivity index (χ1n) is 5.79. The highest BCUT2D eigenvalue weighted by atomic mass is 79.9. The molecule has 1 heterocycles. The van der Waals surface area contributed by atoms with Crippen molar-refractivity contribution in [3.8, 4) is 0 Å². The highest BCUT2D eigenvalue weighted by molar-refractivity contribution is 9.10. The van der Waals surface area contributed by atoms with Crippen LogP contribution in [-0.4, -0.2) is 5.91 Å². The lowest BCUT2D eigenvalue weighted by molar-refractivity contribution is 0.0939. The molecule has 1 amide bonds. The van der Waals surface area contributed by atoms with Crippen molar-refractivity contribution in [1.29, 1.82) is 0 Å². The average molecular weight is 359 g/mol. The van der Waals surface area contributed by atoms with Gasteiger partial charge in [0.2, 0.25) is 0 Å². The van der Waals surface area contributed by atoms with Crippen LogP contribution in [0.4, 0.5) is 0 Å². The molecule has 1 aromatic carbocycles. The van der Waals surface area contributed by atoms with E-state index in [-0.39, 0.29) is 11.9 Å². The monoisotopic (exact) mass is 357 g/mol. The summed E-state index contributed by atoms with van der Waals surface area (Å²) in [7, 11) is 0. The molecule has 0 aliphatic rings. The van der Waals surface area contributed by atoms with E-state index in [0.29, 0.717) is 5.56 Å². The maximum absolute atomic E-state index is 12.2. The standard InChI is InChI=1S/C14H13BrClNOS/c1-8-3-4-10(11(15)7-8)14(18)17-9(2)12-5-6-13(16)19-12/h3-7,9H,1-2H3,(H,17,18). The summed E-state index contributed by atoms with van der Waals surface area (Å²) in [5.41, 5.74) is 1.75. The van der Waals surface area contributed by atoms with Crippen molar-refractivity contribution in [2.45, 2.75) is 19.9 Å². The maximum Gasteiger partial charge on any atom is 0.252 e. The van der Waals surface area contributed by atoms with Gasteiger partial charge in [0.1, 0.15) is 0 Å². The normalized spacial score (nSPS) is 12.2. The molecular formula is C14H13BrClNOS. The zero-order chi connectivity index (χ0) is 14.0. The van der Waals surface area contributed by atoms with Crippen LogP contribution in [0.5, 0.6) is 0 Å². The van der Waals surface area contributed by atoms with E-state index in [1.54, 1.807) is 0 Å². The minimum absolute atomic E-state index is 0.0572. The van der Waals surface area contributed by atoms with Crippen LogP contribution < -0.4 is 5.32 Å². The van der Waals surface area contributed by atoms with Crippen molar-refractivity contribution in [3.05, 3.63) is 55.1 Å². The van der Waals surface area contributed by atoms with Gasteiger partial charge in [0.15, 0.2) is 0 Å². The van der Waals surface area contributed by atoms with E-state index in [9.17, 15) is 4.79 Å². The van der Waals surface area contributed by atoms with E-state index < -0.39 is 0 Å². The van der Waals surface area contributed by atoms with Crippen LogP contribution in [0.3, 0.4) is 0 Å². The number of hydrogen-bond donors (Lipinski definition) is 1. The molecule has 1 unspecified atom stereocenters. The van der Waals surface area contributed by atoms with Gasteiger partial charge < -0.3 is 5.32 Å². The molecule has 0 bridgehead atoms. The molecule has 0 aliphatic carbocycles. The predicted octanol–water partition coefficient (Wildman–Crippen LogP) is 4.96. The number of aryl methyl sites for hydroxylation is 1. The summed E-state index contributed by atoms with van der Waals surface area (Å²) in [4.78, 5) is 13.2. The number of benzene rings is 1. The second kappa shape index (κ2) is 6.07. The number of carbonyl (C=O) groups excluding carboxylic acids is 1. The van der Waals surface area contributed by atoms with E-state index in [4.69, 9.17) is 11.6 Å². The summed E-state index contributed by atoms with van der Waals surface area (Å²) in [6.45, 7) is 3.94. The third kappa shape index (κ3) is 3.59. The molecule has 2 aromatic rings. The second-order valence-corrected chi connectivity index (χ2v) is 6.92. The van der Waals surface area contributed by atoms with E-state index in [0.717, 1.165) is 19.2 Å². The van der Waals surface area contributed by atoms with Crippen LogP contribution in [0.15, 0.2) is 34.8 Å². The van der Waals surface area contributed by atoms with Gasteiger partial charge in [-0.3, -0.25) is 4.79 Å². The minimum atomic E-state index is -0.0936. The Morgan fingerprint density at radius 1 is 1.37 bits per heavy atom. The van der Waals surface area contributed by atoms with Crippen molar-refractivity contribution in [2.75, 3.05) is 0 Å². The number of rotatable bonds is 3. The fourth-order valence-corrected chi connectivity index (χ4v) is 3.45. The molecule has 0 spiro atoms. The molecule has 1 aromatic heterocycles. The zero-order valence-electron chi connectivity index (χ0n) is 10.5. The molecule has 1 atom stereocenters. The Hall–Kier alpha value is -0.840. The van der Waals surface area contributed by atoms with E-state index >= 15 is 0 Å². The maximum atomic E-state index is 12.2.